The van der Waals surface area contributed by atoms with Crippen LogP contribution in [-0.2, 0) is 9.53 Å². The first-order valence-corrected chi connectivity index (χ1v) is 11.9. The quantitative estimate of drug-likeness (QED) is 0.203. The summed E-state index contributed by atoms with van der Waals surface area (Å²) >= 11 is 0. The summed E-state index contributed by atoms with van der Waals surface area (Å²) in [6.07, 6.45) is 0.704. The first-order valence-electron chi connectivity index (χ1n) is 11.9. The van der Waals surface area contributed by atoms with Crippen molar-refractivity contribution in [1.82, 2.24) is 4.98 Å². The van der Waals surface area contributed by atoms with E-state index in [-0.39, 0.29) is 11.3 Å². The molecule has 0 spiro atoms. The largest absolute Gasteiger partial charge is 0.432 e. The van der Waals surface area contributed by atoms with E-state index in [1.165, 1.54) is 17.4 Å². The van der Waals surface area contributed by atoms with E-state index in [0.717, 1.165) is 24.0 Å². The van der Waals surface area contributed by atoms with Crippen LogP contribution in [0.25, 0.3) is 0 Å². The van der Waals surface area contributed by atoms with E-state index in [9.17, 15) is 18.0 Å². The van der Waals surface area contributed by atoms with Crippen LogP contribution in [0.4, 0.5) is 24.5 Å². The standard InChI is InChI=1S/C28H24F3N5O2/c29-28(30,31)25(33)14-24(35-22-7-1-4-19(12-22)15-32)27(37)36-23-8-2-5-20(13-23)26(38-17-18-9-10-18)21-6-3-11-34-16-21/h1-8,11-14,16,18,26,33,35H,9-10,17H2,(H,36,37)/p+1. The molecule has 0 radical (unpaired) electrons. The van der Waals surface area contributed by atoms with Crippen LogP contribution in [0.3, 0.4) is 0 Å². The summed E-state index contributed by atoms with van der Waals surface area (Å²) in [4.78, 5) is 17.3. The molecule has 1 aromatic heterocycles. The summed E-state index contributed by atoms with van der Waals surface area (Å²) in [5.41, 5.74) is 0.497. The average Bonchev–Trinajstić information content (AvgIpc) is 3.73. The SMILES string of the molecule is N#Cc1cccc([NH2+]C(=CC(=N)C(F)(F)F)C(=O)Nc2cccc(C(OCC3CC3)c3cccnc3)c2)c1. The highest BCUT2D eigenvalue weighted by Gasteiger charge is 2.34. The lowest BCUT2D eigenvalue weighted by Gasteiger charge is -2.19. The minimum Gasteiger partial charge on any atom is -0.368 e. The average molecular weight is 521 g/mol. The smallest absolute Gasteiger partial charge is 0.368 e. The molecular formula is C28H25F3N5O2+. The Morgan fingerprint density at radius 2 is 1.95 bits per heavy atom. The molecule has 0 bridgehead atoms. The minimum atomic E-state index is -4.93. The number of anilines is 1. The van der Waals surface area contributed by atoms with Gasteiger partial charge in [-0.15, -0.1) is 0 Å². The molecule has 10 heteroatoms. The van der Waals surface area contributed by atoms with Gasteiger partial charge in [-0.1, -0.05) is 24.3 Å². The fourth-order valence-corrected chi connectivity index (χ4v) is 3.70. The number of alkyl halides is 3. The Morgan fingerprint density at radius 1 is 1.18 bits per heavy atom. The molecule has 1 atom stereocenters. The molecule has 1 aliphatic rings. The summed E-state index contributed by atoms with van der Waals surface area (Å²) in [6.45, 7) is 0.583. The Morgan fingerprint density at radius 3 is 2.63 bits per heavy atom. The molecule has 2 aromatic carbocycles. The van der Waals surface area contributed by atoms with Gasteiger partial charge in [0.1, 0.15) is 17.5 Å². The summed E-state index contributed by atoms with van der Waals surface area (Å²) < 4.78 is 45.5. The number of amides is 1. The molecule has 194 valence electrons. The zero-order chi connectivity index (χ0) is 27.1. The number of halogens is 3. The number of nitrogens with one attached hydrogen (secondary N) is 2. The van der Waals surface area contributed by atoms with Crippen LogP contribution < -0.4 is 10.6 Å². The number of quaternary nitrogens is 1. The van der Waals surface area contributed by atoms with Gasteiger partial charge in [-0.2, -0.15) is 18.4 Å². The topological polar surface area (TPSA) is 115 Å². The minimum absolute atomic E-state index is 0.282. The second-order valence-corrected chi connectivity index (χ2v) is 8.92. The third-order valence-electron chi connectivity index (χ3n) is 5.84. The van der Waals surface area contributed by atoms with Gasteiger partial charge in [0.15, 0.2) is 0 Å². The van der Waals surface area contributed by atoms with Gasteiger partial charge < -0.3 is 10.1 Å². The molecule has 1 fully saturated rings. The van der Waals surface area contributed by atoms with Crippen LogP contribution in [0.5, 0.6) is 0 Å². The number of nitrogens with two attached hydrogens (primary N) is 1. The van der Waals surface area contributed by atoms with Crippen molar-refractivity contribution in [1.29, 1.82) is 10.7 Å². The second kappa shape index (κ2) is 11.8. The fraction of sp³-hybridized carbons (Fsp3) is 0.214. The van der Waals surface area contributed by atoms with Crippen molar-refractivity contribution in [2.75, 3.05) is 11.9 Å². The maximum absolute atomic E-state index is 13.1. The van der Waals surface area contributed by atoms with E-state index < -0.39 is 23.9 Å². The number of ether oxygens (including phenoxy) is 1. The van der Waals surface area contributed by atoms with Crippen molar-refractivity contribution in [3.8, 4) is 6.07 Å². The number of carbonyl (C=O) groups excluding carboxylic acids is 1. The second-order valence-electron chi connectivity index (χ2n) is 8.92. The molecular weight excluding hydrogens is 495 g/mol. The maximum Gasteiger partial charge on any atom is 0.432 e. The van der Waals surface area contributed by atoms with Crippen LogP contribution in [-0.4, -0.2) is 29.4 Å². The van der Waals surface area contributed by atoms with Gasteiger partial charge in [0.05, 0.1) is 18.2 Å². The highest BCUT2D eigenvalue weighted by Crippen LogP contribution is 2.34. The van der Waals surface area contributed by atoms with Crippen LogP contribution >= 0.6 is 0 Å². The van der Waals surface area contributed by atoms with Crippen molar-refractivity contribution in [3.63, 3.8) is 0 Å². The Hall–Kier alpha value is -4.33. The van der Waals surface area contributed by atoms with Gasteiger partial charge in [-0.05, 0) is 54.7 Å². The molecule has 1 saturated carbocycles. The molecule has 1 heterocycles. The number of allylic oxidation sites excluding steroid dienone is 1. The fourth-order valence-electron chi connectivity index (χ4n) is 3.70. The summed E-state index contributed by atoms with van der Waals surface area (Å²) in [5.74, 6) is -0.320. The van der Waals surface area contributed by atoms with E-state index in [1.807, 2.05) is 18.2 Å². The van der Waals surface area contributed by atoms with E-state index >= 15 is 0 Å². The molecule has 7 nitrogen and oxygen atoms in total. The molecule has 1 aliphatic carbocycles. The van der Waals surface area contributed by atoms with Crippen LogP contribution in [0.2, 0.25) is 0 Å². The summed E-state index contributed by atoms with van der Waals surface area (Å²) in [5, 5.41) is 20.3. The van der Waals surface area contributed by atoms with E-state index in [0.29, 0.717) is 30.0 Å². The predicted octanol–water partition coefficient (Wildman–Crippen LogP) is 4.77. The number of benzene rings is 2. The Labute approximate surface area is 217 Å². The van der Waals surface area contributed by atoms with Crippen molar-refractivity contribution >= 4 is 23.0 Å². The zero-order valence-electron chi connectivity index (χ0n) is 20.2. The van der Waals surface area contributed by atoms with E-state index in [1.54, 1.807) is 48.8 Å². The number of nitrogens with zero attached hydrogens (tertiary/aromatic N) is 2. The lowest BCUT2D eigenvalue weighted by molar-refractivity contribution is -0.511. The van der Waals surface area contributed by atoms with Crippen molar-refractivity contribution in [2.45, 2.75) is 25.1 Å². The monoisotopic (exact) mass is 520 g/mol. The summed E-state index contributed by atoms with van der Waals surface area (Å²) in [6, 6.07) is 18.6. The lowest BCUT2D eigenvalue weighted by atomic mass is 10.0. The molecule has 3 aromatic rings. The number of carbonyl (C=O) groups is 1. The normalized spacial score (nSPS) is 14.4. The highest BCUT2D eigenvalue weighted by atomic mass is 19.4. The first-order chi connectivity index (χ1) is 18.2. The predicted molar refractivity (Wildman–Crippen MR) is 134 cm³/mol. The highest BCUT2D eigenvalue weighted by molar-refractivity contribution is 6.08. The van der Waals surface area contributed by atoms with Gasteiger partial charge in [-0.25, -0.2) is 0 Å². The number of nitriles is 1. The van der Waals surface area contributed by atoms with E-state index in [4.69, 9.17) is 15.4 Å². The maximum atomic E-state index is 13.1. The number of hydrogen-bond donors (Lipinski definition) is 3. The van der Waals surface area contributed by atoms with Gasteiger partial charge >= 0.3 is 12.1 Å². The Kier molecular flexibility index (Phi) is 8.31. The van der Waals surface area contributed by atoms with Crippen LogP contribution in [0, 0.1) is 22.7 Å². The Bertz CT molecular complexity index is 1380. The molecule has 4 N–H and O–H groups in total. The van der Waals surface area contributed by atoms with Crippen molar-refractivity contribution < 1.29 is 28.0 Å². The number of pyridine rings is 1. The van der Waals surface area contributed by atoms with Crippen molar-refractivity contribution in [3.05, 3.63) is 102 Å². The van der Waals surface area contributed by atoms with Gasteiger partial charge in [0.2, 0.25) is 5.70 Å². The zero-order valence-corrected chi connectivity index (χ0v) is 20.2. The van der Waals surface area contributed by atoms with Gasteiger partial charge in [0, 0.05) is 35.8 Å². The number of aromatic nitrogens is 1. The van der Waals surface area contributed by atoms with Crippen LogP contribution in [0.15, 0.2) is 84.8 Å². The third-order valence-corrected chi connectivity index (χ3v) is 5.84. The molecule has 4 rings (SSSR count). The van der Waals surface area contributed by atoms with E-state index in [2.05, 4.69) is 10.3 Å². The first kappa shape index (κ1) is 26.7. The Balaban J connectivity index is 1.59. The van der Waals surface area contributed by atoms with Crippen LogP contribution in [0.1, 0.15) is 35.6 Å². The molecule has 38 heavy (non-hydrogen) atoms. The lowest BCUT2D eigenvalue weighted by Crippen LogP contribution is -2.78. The molecule has 0 aliphatic heterocycles. The molecule has 0 saturated heterocycles. The van der Waals surface area contributed by atoms with Gasteiger partial charge in [-0.3, -0.25) is 20.5 Å². The number of hydrogen-bond acceptors (Lipinski definition) is 5. The number of rotatable bonds is 10. The van der Waals surface area contributed by atoms with Gasteiger partial charge in [0.25, 0.3) is 0 Å². The molecule has 1 amide bonds. The molecule has 1 unspecified atom stereocenters. The third kappa shape index (κ3) is 7.35. The van der Waals surface area contributed by atoms with Crippen molar-refractivity contribution in [2.24, 2.45) is 5.92 Å². The summed E-state index contributed by atoms with van der Waals surface area (Å²) in [7, 11) is 0.